The van der Waals surface area contributed by atoms with E-state index in [-0.39, 0.29) is 5.75 Å². The maximum Gasteiger partial charge on any atom is 0.148 e. The van der Waals surface area contributed by atoms with Gasteiger partial charge in [0.1, 0.15) is 9.84 Å². The Hall–Kier alpha value is -0.880. The first kappa shape index (κ1) is 12.6. The minimum atomic E-state index is -2.87. The fraction of sp³-hybridized carbons (Fsp3) is 0.727. The molecule has 1 aromatic rings. The summed E-state index contributed by atoms with van der Waals surface area (Å²) in [6.07, 6.45) is 7.41. The molecular weight excluding hydrogens is 238 g/mol. The molecule has 1 fully saturated rings. The van der Waals surface area contributed by atoms with Crippen LogP contribution < -0.4 is 0 Å². The fourth-order valence-corrected chi connectivity index (χ4v) is 2.93. The Morgan fingerprint density at radius 1 is 1.53 bits per heavy atom. The average molecular weight is 257 g/mol. The summed E-state index contributed by atoms with van der Waals surface area (Å²) in [7, 11) is -0.972. The number of aryl methyl sites for hydroxylation is 1. The van der Waals surface area contributed by atoms with Crippen LogP contribution in [0.4, 0.5) is 0 Å². The topological polar surface area (TPSA) is 55.2 Å². The van der Waals surface area contributed by atoms with E-state index in [1.54, 1.807) is 4.68 Å². The van der Waals surface area contributed by atoms with Crippen LogP contribution in [0, 0.1) is 0 Å². The number of rotatable bonds is 4. The molecule has 17 heavy (non-hydrogen) atoms. The molecule has 0 radical (unpaired) electrons. The number of aromatic nitrogens is 2. The lowest BCUT2D eigenvalue weighted by molar-refractivity contribution is 0.272. The van der Waals surface area contributed by atoms with E-state index in [1.807, 2.05) is 19.4 Å². The van der Waals surface area contributed by atoms with Crippen molar-refractivity contribution in [1.82, 2.24) is 14.7 Å². The quantitative estimate of drug-likeness (QED) is 0.792. The second-order valence-corrected chi connectivity index (χ2v) is 7.03. The predicted molar refractivity (Wildman–Crippen MR) is 66.5 cm³/mol. The molecule has 5 nitrogen and oxygen atoms in total. The molecule has 1 aliphatic rings. The van der Waals surface area contributed by atoms with Crippen LogP contribution in [0.1, 0.15) is 24.4 Å². The first-order chi connectivity index (χ1) is 7.96. The third-order valence-corrected chi connectivity index (χ3v) is 4.15. The summed E-state index contributed by atoms with van der Waals surface area (Å²) in [6, 6.07) is 0.338. The van der Waals surface area contributed by atoms with E-state index in [9.17, 15) is 8.42 Å². The molecule has 96 valence electrons. The summed E-state index contributed by atoms with van der Waals surface area (Å²) < 4.78 is 24.2. The van der Waals surface area contributed by atoms with Gasteiger partial charge < -0.3 is 0 Å². The van der Waals surface area contributed by atoms with Gasteiger partial charge in [0.05, 0.1) is 11.9 Å². The van der Waals surface area contributed by atoms with E-state index < -0.39 is 9.84 Å². The highest BCUT2D eigenvalue weighted by Crippen LogP contribution is 2.31. The lowest BCUT2D eigenvalue weighted by Crippen LogP contribution is -2.28. The molecule has 2 rings (SSSR count). The highest BCUT2D eigenvalue weighted by Gasteiger charge is 2.27. The Morgan fingerprint density at radius 3 is 2.88 bits per heavy atom. The molecule has 0 unspecified atom stereocenters. The van der Waals surface area contributed by atoms with Gasteiger partial charge in [0.2, 0.25) is 0 Å². The van der Waals surface area contributed by atoms with Crippen molar-refractivity contribution in [2.75, 3.05) is 25.1 Å². The van der Waals surface area contributed by atoms with Gasteiger partial charge in [-0.2, -0.15) is 5.10 Å². The molecular formula is C11H19N3O2S. The van der Waals surface area contributed by atoms with Crippen LogP contribution in [0.5, 0.6) is 0 Å². The van der Waals surface area contributed by atoms with Crippen molar-refractivity contribution in [3.8, 4) is 0 Å². The Bertz CT molecular complexity index is 481. The van der Waals surface area contributed by atoms with Gasteiger partial charge in [-0.1, -0.05) is 0 Å². The minimum Gasteiger partial charge on any atom is -0.295 e. The predicted octanol–water partition coefficient (Wildman–Crippen LogP) is 0.602. The Kier molecular flexibility index (Phi) is 3.53. The molecule has 0 bridgehead atoms. The van der Waals surface area contributed by atoms with Crippen molar-refractivity contribution in [2.45, 2.75) is 18.9 Å². The smallest absolute Gasteiger partial charge is 0.148 e. The SMILES string of the molecule is Cn1cc([C@@H]2CCCN2CCS(C)(=O)=O)cn1. The lowest BCUT2D eigenvalue weighted by atomic mass is 10.1. The Balaban J connectivity index is 2.02. The van der Waals surface area contributed by atoms with E-state index in [1.165, 1.54) is 11.8 Å². The number of hydrogen-bond donors (Lipinski definition) is 0. The zero-order chi connectivity index (χ0) is 12.5. The average Bonchev–Trinajstić information content (AvgIpc) is 2.81. The van der Waals surface area contributed by atoms with Gasteiger partial charge >= 0.3 is 0 Å². The zero-order valence-electron chi connectivity index (χ0n) is 10.3. The molecule has 0 amide bonds. The van der Waals surface area contributed by atoms with E-state index in [0.29, 0.717) is 12.6 Å². The van der Waals surface area contributed by atoms with Crippen LogP contribution in [0.3, 0.4) is 0 Å². The monoisotopic (exact) mass is 257 g/mol. The summed E-state index contributed by atoms with van der Waals surface area (Å²) >= 11 is 0. The second kappa shape index (κ2) is 4.78. The van der Waals surface area contributed by atoms with Crippen molar-refractivity contribution in [1.29, 1.82) is 0 Å². The van der Waals surface area contributed by atoms with E-state index in [2.05, 4.69) is 10.00 Å². The summed E-state index contributed by atoms with van der Waals surface area (Å²) in [5, 5.41) is 4.18. The molecule has 0 aliphatic carbocycles. The van der Waals surface area contributed by atoms with Gasteiger partial charge in [0, 0.05) is 37.7 Å². The molecule has 2 heterocycles. The van der Waals surface area contributed by atoms with Crippen LogP contribution in [-0.4, -0.2) is 48.2 Å². The molecule has 0 N–H and O–H groups in total. The molecule has 0 spiro atoms. The molecule has 0 aromatic carbocycles. The third kappa shape index (κ3) is 3.29. The molecule has 1 aromatic heterocycles. The lowest BCUT2D eigenvalue weighted by Gasteiger charge is -2.22. The first-order valence-electron chi connectivity index (χ1n) is 5.86. The van der Waals surface area contributed by atoms with Crippen molar-refractivity contribution in [3.05, 3.63) is 18.0 Å². The maximum atomic E-state index is 11.2. The van der Waals surface area contributed by atoms with Crippen LogP contribution >= 0.6 is 0 Å². The van der Waals surface area contributed by atoms with Gasteiger partial charge in [0.25, 0.3) is 0 Å². The minimum absolute atomic E-state index is 0.240. The fourth-order valence-electron chi connectivity index (χ4n) is 2.37. The number of hydrogen-bond acceptors (Lipinski definition) is 4. The van der Waals surface area contributed by atoms with Crippen LogP contribution in [0.2, 0.25) is 0 Å². The van der Waals surface area contributed by atoms with Crippen LogP contribution in [0.15, 0.2) is 12.4 Å². The van der Waals surface area contributed by atoms with Crippen molar-refractivity contribution in [3.63, 3.8) is 0 Å². The van der Waals surface area contributed by atoms with Gasteiger partial charge in [0.15, 0.2) is 0 Å². The molecule has 1 saturated heterocycles. The third-order valence-electron chi connectivity index (χ3n) is 3.22. The second-order valence-electron chi connectivity index (χ2n) is 4.77. The van der Waals surface area contributed by atoms with Crippen molar-refractivity contribution < 1.29 is 8.42 Å². The summed E-state index contributed by atoms with van der Waals surface area (Å²) in [6.45, 7) is 1.60. The van der Waals surface area contributed by atoms with Crippen LogP contribution in [-0.2, 0) is 16.9 Å². The molecule has 0 saturated carbocycles. The molecule has 6 heteroatoms. The Morgan fingerprint density at radius 2 is 2.29 bits per heavy atom. The summed E-state index contributed by atoms with van der Waals surface area (Å²) in [5.41, 5.74) is 1.19. The summed E-state index contributed by atoms with van der Waals surface area (Å²) in [4.78, 5) is 2.25. The van der Waals surface area contributed by atoms with E-state index in [4.69, 9.17) is 0 Å². The highest BCUT2D eigenvalue weighted by atomic mass is 32.2. The molecule has 1 aliphatic heterocycles. The van der Waals surface area contributed by atoms with E-state index in [0.717, 1.165) is 19.4 Å². The zero-order valence-corrected chi connectivity index (χ0v) is 11.2. The van der Waals surface area contributed by atoms with Gasteiger partial charge in [-0.05, 0) is 19.4 Å². The Labute approximate surface area is 102 Å². The highest BCUT2D eigenvalue weighted by molar-refractivity contribution is 7.90. The number of nitrogens with zero attached hydrogens (tertiary/aromatic N) is 3. The maximum absolute atomic E-state index is 11.2. The first-order valence-corrected chi connectivity index (χ1v) is 7.92. The standard InChI is InChI=1S/C11H19N3O2S/c1-13-9-10(8-12-13)11-4-3-5-14(11)6-7-17(2,15)16/h8-9,11H,3-7H2,1-2H3/t11-/m0/s1. The van der Waals surface area contributed by atoms with Crippen LogP contribution in [0.25, 0.3) is 0 Å². The van der Waals surface area contributed by atoms with Gasteiger partial charge in [-0.3, -0.25) is 9.58 Å². The normalized spacial score (nSPS) is 22.1. The molecule has 1 atom stereocenters. The van der Waals surface area contributed by atoms with Crippen molar-refractivity contribution >= 4 is 9.84 Å². The van der Waals surface area contributed by atoms with E-state index >= 15 is 0 Å². The van der Waals surface area contributed by atoms with Gasteiger partial charge in [-0.15, -0.1) is 0 Å². The number of sulfone groups is 1. The largest absolute Gasteiger partial charge is 0.295 e. The number of likely N-dealkylation sites (tertiary alicyclic amines) is 1. The summed E-state index contributed by atoms with van der Waals surface area (Å²) in [5.74, 6) is 0.240. The van der Waals surface area contributed by atoms with Gasteiger partial charge in [-0.25, -0.2) is 8.42 Å². The van der Waals surface area contributed by atoms with Crippen molar-refractivity contribution in [2.24, 2.45) is 7.05 Å².